The Hall–Kier alpha value is -2.96. The molecule has 0 fully saturated rings. The molecule has 0 spiro atoms. The first-order valence-corrected chi connectivity index (χ1v) is 8.04. The second kappa shape index (κ2) is 8.23. The molecule has 25 heavy (non-hydrogen) atoms. The number of ether oxygens (including phenoxy) is 1. The number of nitrogens with one attached hydrogen (secondary N) is 1. The summed E-state index contributed by atoms with van der Waals surface area (Å²) in [6.07, 6.45) is 1.72. The maximum absolute atomic E-state index is 12.4. The predicted molar refractivity (Wildman–Crippen MR) is 93.9 cm³/mol. The minimum atomic E-state index is -0.485. The van der Waals surface area contributed by atoms with E-state index in [1.54, 1.807) is 18.2 Å². The van der Waals surface area contributed by atoms with Gasteiger partial charge >= 0.3 is 5.97 Å². The molecule has 2 aromatic rings. The van der Waals surface area contributed by atoms with Crippen molar-refractivity contribution in [1.29, 1.82) is 0 Å². The molecule has 7 heteroatoms. The lowest BCUT2D eigenvalue weighted by Gasteiger charge is -2.10. The van der Waals surface area contributed by atoms with E-state index >= 15 is 0 Å². The number of aryl methyl sites for hydroxylation is 2. The monoisotopic (exact) mass is 343 g/mol. The summed E-state index contributed by atoms with van der Waals surface area (Å²) >= 11 is 0. The van der Waals surface area contributed by atoms with E-state index < -0.39 is 11.9 Å². The van der Waals surface area contributed by atoms with Crippen LogP contribution in [0, 0.1) is 6.92 Å². The highest BCUT2D eigenvalue weighted by Crippen LogP contribution is 2.18. The van der Waals surface area contributed by atoms with Gasteiger partial charge in [0, 0.05) is 18.3 Å². The minimum absolute atomic E-state index is 0.138. The maximum Gasteiger partial charge on any atom is 0.337 e. The Balaban J connectivity index is 2.25. The van der Waals surface area contributed by atoms with Gasteiger partial charge in [-0.05, 0) is 37.1 Å². The molecule has 0 unspecified atom stereocenters. The number of amides is 1. The molecular weight excluding hydrogens is 322 g/mol. The van der Waals surface area contributed by atoms with E-state index in [1.807, 2.05) is 13.8 Å². The lowest BCUT2D eigenvalue weighted by atomic mass is 10.1. The van der Waals surface area contributed by atoms with Gasteiger partial charge in [0.2, 0.25) is 0 Å². The largest absolute Gasteiger partial charge is 0.465 e. The molecule has 0 aliphatic carbocycles. The first-order valence-electron chi connectivity index (χ1n) is 8.04. The van der Waals surface area contributed by atoms with Gasteiger partial charge in [0.05, 0.1) is 12.7 Å². The van der Waals surface area contributed by atoms with Crippen LogP contribution in [0.4, 0.5) is 5.69 Å². The number of hydrogen-bond donors (Lipinski definition) is 1. The number of carbonyl (C=O) groups excluding carboxylic acids is 2. The predicted octanol–water partition coefficient (Wildman–Crippen LogP) is 2.39. The number of hydrogen-bond acceptors (Lipinski definition) is 5. The highest BCUT2D eigenvalue weighted by molar-refractivity contribution is 6.03. The second-order valence-electron chi connectivity index (χ2n) is 5.61. The number of methoxy groups -OCH3 is 1. The standard InChI is InChI=1S/C18H21N3O4/c1-4-5-10-21-16(22)9-8-14(20-21)17(23)19-15-11-13(18(24)25-3)7-6-12(15)2/h6-9,11H,4-5,10H2,1-3H3,(H,19,23). The Bertz CT molecular complexity index is 842. The lowest BCUT2D eigenvalue weighted by Crippen LogP contribution is -2.26. The third kappa shape index (κ3) is 4.53. The topological polar surface area (TPSA) is 90.3 Å². The molecule has 0 saturated carbocycles. The first kappa shape index (κ1) is 18.4. The number of benzene rings is 1. The Labute approximate surface area is 145 Å². The molecule has 0 saturated heterocycles. The van der Waals surface area contributed by atoms with Gasteiger partial charge in [0.1, 0.15) is 5.69 Å². The summed E-state index contributed by atoms with van der Waals surface area (Å²) in [5, 5.41) is 6.83. The van der Waals surface area contributed by atoms with Crippen LogP contribution < -0.4 is 10.9 Å². The summed E-state index contributed by atoms with van der Waals surface area (Å²) in [5.41, 5.74) is 1.51. The van der Waals surface area contributed by atoms with Crippen molar-refractivity contribution in [2.45, 2.75) is 33.2 Å². The summed E-state index contributed by atoms with van der Waals surface area (Å²) in [5.74, 6) is -0.933. The van der Waals surface area contributed by atoms with Crippen molar-refractivity contribution in [1.82, 2.24) is 9.78 Å². The van der Waals surface area contributed by atoms with Crippen molar-refractivity contribution in [2.75, 3.05) is 12.4 Å². The molecule has 1 N–H and O–H groups in total. The van der Waals surface area contributed by atoms with Crippen molar-refractivity contribution in [3.8, 4) is 0 Å². The van der Waals surface area contributed by atoms with Crippen molar-refractivity contribution < 1.29 is 14.3 Å². The van der Waals surface area contributed by atoms with Gasteiger partial charge in [-0.1, -0.05) is 19.4 Å². The molecule has 1 heterocycles. The molecule has 0 aliphatic rings. The molecule has 0 radical (unpaired) electrons. The van der Waals surface area contributed by atoms with Gasteiger partial charge in [-0.3, -0.25) is 9.59 Å². The number of anilines is 1. The molecule has 0 bridgehead atoms. The number of carbonyl (C=O) groups is 2. The van der Waals surface area contributed by atoms with Crippen LogP contribution in [0.3, 0.4) is 0 Å². The van der Waals surface area contributed by atoms with Crippen LogP contribution in [-0.2, 0) is 11.3 Å². The minimum Gasteiger partial charge on any atom is -0.465 e. The van der Waals surface area contributed by atoms with Crippen molar-refractivity contribution in [2.24, 2.45) is 0 Å². The SMILES string of the molecule is CCCCn1nc(C(=O)Nc2cc(C(=O)OC)ccc2C)ccc1=O. The van der Waals surface area contributed by atoms with Crippen molar-refractivity contribution in [3.05, 3.63) is 57.5 Å². The van der Waals surface area contributed by atoms with Gasteiger partial charge < -0.3 is 10.1 Å². The van der Waals surface area contributed by atoms with Crippen LogP contribution in [0.15, 0.2) is 35.1 Å². The van der Waals surface area contributed by atoms with Gasteiger partial charge in [-0.15, -0.1) is 0 Å². The molecule has 132 valence electrons. The number of unbranched alkanes of at least 4 members (excludes halogenated alkanes) is 1. The van der Waals surface area contributed by atoms with E-state index in [9.17, 15) is 14.4 Å². The summed E-state index contributed by atoms with van der Waals surface area (Å²) < 4.78 is 5.97. The fourth-order valence-electron chi connectivity index (χ4n) is 2.23. The zero-order valence-corrected chi connectivity index (χ0v) is 14.5. The van der Waals surface area contributed by atoms with E-state index in [4.69, 9.17) is 0 Å². The average Bonchev–Trinajstić information content (AvgIpc) is 2.62. The van der Waals surface area contributed by atoms with Crippen LogP contribution in [0.1, 0.15) is 46.2 Å². The molecule has 0 aliphatic heterocycles. The van der Waals surface area contributed by atoms with E-state index in [0.717, 1.165) is 18.4 Å². The third-order valence-corrected chi connectivity index (χ3v) is 3.73. The number of rotatable bonds is 6. The third-order valence-electron chi connectivity index (χ3n) is 3.73. The number of esters is 1. The molecule has 1 aromatic carbocycles. The van der Waals surface area contributed by atoms with E-state index in [-0.39, 0.29) is 11.3 Å². The van der Waals surface area contributed by atoms with Gasteiger partial charge in [-0.25, -0.2) is 9.48 Å². The lowest BCUT2D eigenvalue weighted by molar-refractivity contribution is 0.0600. The summed E-state index contributed by atoms with van der Waals surface area (Å²) in [6.45, 7) is 4.29. The smallest absolute Gasteiger partial charge is 0.337 e. The molecule has 2 rings (SSSR count). The molecule has 1 amide bonds. The Kier molecular flexibility index (Phi) is 6.05. The highest BCUT2D eigenvalue weighted by Gasteiger charge is 2.13. The average molecular weight is 343 g/mol. The van der Waals surface area contributed by atoms with Crippen molar-refractivity contribution in [3.63, 3.8) is 0 Å². The summed E-state index contributed by atoms with van der Waals surface area (Å²) in [6, 6.07) is 7.61. The number of aromatic nitrogens is 2. The molecule has 1 aromatic heterocycles. The van der Waals surface area contributed by atoms with Crippen LogP contribution in [0.5, 0.6) is 0 Å². The van der Waals surface area contributed by atoms with Gasteiger partial charge in [0.25, 0.3) is 11.5 Å². The Morgan fingerprint density at radius 3 is 2.68 bits per heavy atom. The molecule has 7 nitrogen and oxygen atoms in total. The Morgan fingerprint density at radius 1 is 1.24 bits per heavy atom. The van der Waals surface area contributed by atoms with Gasteiger partial charge in [-0.2, -0.15) is 5.10 Å². The number of nitrogens with zero attached hydrogens (tertiary/aromatic N) is 2. The van der Waals surface area contributed by atoms with Crippen LogP contribution in [0.25, 0.3) is 0 Å². The molecule has 0 atom stereocenters. The van der Waals surface area contributed by atoms with Crippen LogP contribution in [-0.4, -0.2) is 28.8 Å². The summed E-state index contributed by atoms with van der Waals surface area (Å²) in [4.78, 5) is 35.9. The van der Waals surface area contributed by atoms with E-state index in [0.29, 0.717) is 17.8 Å². The van der Waals surface area contributed by atoms with E-state index in [2.05, 4.69) is 15.2 Å². The fraction of sp³-hybridized carbons (Fsp3) is 0.333. The zero-order valence-electron chi connectivity index (χ0n) is 14.5. The zero-order chi connectivity index (χ0) is 18.4. The second-order valence-corrected chi connectivity index (χ2v) is 5.61. The molecular formula is C18H21N3O4. The Morgan fingerprint density at radius 2 is 2.00 bits per heavy atom. The van der Waals surface area contributed by atoms with E-state index in [1.165, 1.54) is 23.9 Å². The normalized spacial score (nSPS) is 10.4. The summed E-state index contributed by atoms with van der Waals surface area (Å²) in [7, 11) is 1.30. The highest BCUT2D eigenvalue weighted by atomic mass is 16.5. The van der Waals surface area contributed by atoms with Gasteiger partial charge in [0.15, 0.2) is 0 Å². The quantitative estimate of drug-likeness (QED) is 0.813. The maximum atomic E-state index is 12.4. The van der Waals surface area contributed by atoms with Crippen molar-refractivity contribution >= 4 is 17.6 Å². The fourth-order valence-corrected chi connectivity index (χ4v) is 2.23. The van der Waals surface area contributed by atoms with Crippen LogP contribution >= 0.6 is 0 Å². The first-order chi connectivity index (χ1) is 12.0. The van der Waals surface area contributed by atoms with Crippen LogP contribution in [0.2, 0.25) is 0 Å².